The number of hydrogen-bond donors (Lipinski definition) is 0. The highest BCUT2D eigenvalue weighted by Gasteiger charge is 2.10. The second-order valence-electron chi connectivity index (χ2n) is 2.67. The van der Waals surface area contributed by atoms with Crippen molar-refractivity contribution in [2.45, 2.75) is 39.2 Å². The first-order valence-electron chi connectivity index (χ1n) is 3.50. The predicted molar refractivity (Wildman–Crippen MR) is 37.5 cm³/mol. The molecular formula is C7H13NO. The second-order valence-corrected chi connectivity index (χ2v) is 2.67. The molecule has 1 rings (SSSR count). The van der Waals surface area contributed by atoms with Crippen LogP contribution in [0.2, 0.25) is 0 Å². The first kappa shape index (κ1) is 6.59. The van der Waals surface area contributed by atoms with Gasteiger partial charge in [-0.05, 0) is 33.1 Å². The fourth-order valence-electron chi connectivity index (χ4n) is 0.606. The van der Waals surface area contributed by atoms with Crippen LogP contribution in [0.15, 0.2) is 5.16 Å². The molecule has 0 N–H and O–H groups in total. The molecule has 9 heavy (non-hydrogen) atoms. The molecule has 0 aliphatic heterocycles. The van der Waals surface area contributed by atoms with Gasteiger partial charge in [-0.2, -0.15) is 0 Å². The van der Waals surface area contributed by atoms with Gasteiger partial charge in [0.2, 0.25) is 0 Å². The van der Waals surface area contributed by atoms with Crippen LogP contribution in [0.3, 0.4) is 0 Å². The highest BCUT2D eigenvalue weighted by Crippen LogP contribution is 2.14. The number of nitrogens with zero attached hydrogens (tertiary/aromatic N) is 1. The summed E-state index contributed by atoms with van der Waals surface area (Å²) in [6, 6.07) is 0. The smallest absolute Gasteiger partial charge is 0.122 e. The van der Waals surface area contributed by atoms with Crippen molar-refractivity contribution in [3.63, 3.8) is 0 Å². The van der Waals surface area contributed by atoms with Crippen LogP contribution in [0.25, 0.3) is 0 Å². The normalized spacial score (nSPS) is 17.4. The zero-order valence-electron chi connectivity index (χ0n) is 6.05. The Labute approximate surface area is 55.9 Å². The summed E-state index contributed by atoms with van der Waals surface area (Å²) in [5, 5.41) is 3.95. The summed E-state index contributed by atoms with van der Waals surface area (Å²) in [5.41, 5.74) is 1.23. The molecule has 1 aliphatic rings. The molecule has 0 aromatic carbocycles. The third kappa shape index (κ3) is 2.04. The number of oxime groups is 1. The molecular weight excluding hydrogens is 114 g/mol. The molecule has 1 aliphatic carbocycles. The Bertz CT molecular complexity index is 112. The lowest BCUT2D eigenvalue weighted by atomic mass is 9.98. The van der Waals surface area contributed by atoms with Gasteiger partial charge in [-0.25, -0.2) is 0 Å². The van der Waals surface area contributed by atoms with Crippen molar-refractivity contribution in [3.05, 3.63) is 0 Å². The molecule has 0 radical (unpaired) electrons. The lowest BCUT2D eigenvalue weighted by Crippen LogP contribution is -2.11. The Kier molecular flexibility index (Phi) is 2.09. The van der Waals surface area contributed by atoms with Crippen molar-refractivity contribution < 1.29 is 4.84 Å². The largest absolute Gasteiger partial charge is 0.393 e. The van der Waals surface area contributed by atoms with Crippen molar-refractivity contribution in [1.29, 1.82) is 0 Å². The summed E-state index contributed by atoms with van der Waals surface area (Å²) in [7, 11) is 0. The fraction of sp³-hybridized carbons (Fsp3) is 0.857. The van der Waals surface area contributed by atoms with E-state index in [0.29, 0.717) is 0 Å². The maximum atomic E-state index is 5.03. The molecule has 0 atom stereocenters. The van der Waals surface area contributed by atoms with E-state index in [1.54, 1.807) is 0 Å². The van der Waals surface area contributed by atoms with Gasteiger partial charge in [0.25, 0.3) is 0 Å². The molecule has 52 valence electrons. The molecule has 0 bridgehead atoms. The van der Waals surface area contributed by atoms with Gasteiger partial charge in [-0.1, -0.05) is 5.16 Å². The van der Waals surface area contributed by atoms with E-state index in [1.165, 1.54) is 12.1 Å². The van der Waals surface area contributed by atoms with Crippen LogP contribution >= 0.6 is 0 Å². The average Bonchev–Trinajstić information content (AvgIpc) is 1.60. The summed E-state index contributed by atoms with van der Waals surface area (Å²) in [6.45, 7) is 3.98. The van der Waals surface area contributed by atoms with E-state index in [9.17, 15) is 0 Å². The number of hydrogen-bond acceptors (Lipinski definition) is 2. The monoisotopic (exact) mass is 127 g/mol. The lowest BCUT2D eigenvalue weighted by molar-refractivity contribution is 0.0839. The molecule has 1 fully saturated rings. The van der Waals surface area contributed by atoms with Gasteiger partial charge in [0.15, 0.2) is 0 Å². The van der Waals surface area contributed by atoms with Gasteiger partial charge >= 0.3 is 0 Å². The molecule has 0 aromatic heterocycles. The van der Waals surface area contributed by atoms with E-state index in [4.69, 9.17) is 4.84 Å². The minimum Gasteiger partial charge on any atom is -0.393 e. The summed E-state index contributed by atoms with van der Waals surface area (Å²) >= 11 is 0. The van der Waals surface area contributed by atoms with Crippen molar-refractivity contribution in [3.8, 4) is 0 Å². The quantitative estimate of drug-likeness (QED) is 0.519. The predicted octanol–water partition coefficient (Wildman–Crippen LogP) is 1.95. The molecule has 0 spiro atoms. The van der Waals surface area contributed by atoms with E-state index in [-0.39, 0.29) is 6.10 Å². The molecule has 0 unspecified atom stereocenters. The van der Waals surface area contributed by atoms with E-state index in [0.717, 1.165) is 12.8 Å². The third-order valence-electron chi connectivity index (χ3n) is 1.32. The Hall–Kier alpha value is -0.530. The van der Waals surface area contributed by atoms with Crippen LogP contribution in [0, 0.1) is 0 Å². The lowest BCUT2D eigenvalue weighted by Gasteiger charge is -2.14. The second kappa shape index (κ2) is 2.85. The summed E-state index contributed by atoms with van der Waals surface area (Å²) in [6.07, 6.45) is 3.82. The van der Waals surface area contributed by atoms with Crippen molar-refractivity contribution in [1.82, 2.24) is 0 Å². The highest BCUT2D eigenvalue weighted by molar-refractivity contribution is 5.88. The third-order valence-corrected chi connectivity index (χ3v) is 1.32. The minimum atomic E-state index is 0.234. The van der Waals surface area contributed by atoms with Gasteiger partial charge in [0.1, 0.15) is 6.10 Å². The first-order chi connectivity index (χ1) is 4.29. The Balaban J connectivity index is 2.15. The topological polar surface area (TPSA) is 21.6 Å². The molecule has 0 heterocycles. The summed E-state index contributed by atoms with van der Waals surface area (Å²) < 4.78 is 0. The van der Waals surface area contributed by atoms with Crippen molar-refractivity contribution >= 4 is 5.71 Å². The maximum Gasteiger partial charge on any atom is 0.122 e. The molecule has 1 saturated carbocycles. The Morgan fingerprint density at radius 2 is 2.11 bits per heavy atom. The average molecular weight is 127 g/mol. The zero-order valence-corrected chi connectivity index (χ0v) is 6.05. The number of rotatable bonds is 2. The van der Waals surface area contributed by atoms with Crippen molar-refractivity contribution in [2.24, 2.45) is 5.16 Å². The van der Waals surface area contributed by atoms with Crippen LogP contribution in [0.4, 0.5) is 0 Å². The van der Waals surface area contributed by atoms with Crippen molar-refractivity contribution in [2.75, 3.05) is 0 Å². The Morgan fingerprint density at radius 1 is 1.44 bits per heavy atom. The molecule has 2 heteroatoms. The van der Waals surface area contributed by atoms with Gasteiger partial charge in [0, 0.05) is 0 Å². The maximum absolute atomic E-state index is 5.03. The summed E-state index contributed by atoms with van der Waals surface area (Å²) in [5.74, 6) is 0. The van der Waals surface area contributed by atoms with E-state index in [2.05, 4.69) is 5.16 Å². The molecule has 0 saturated heterocycles. The molecule has 0 amide bonds. The molecule has 2 nitrogen and oxygen atoms in total. The van der Waals surface area contributed by atoms with Gasteiger partial charge in [0.05, 0.1) is 5.71 Å². The zero-order chi connectivity index (χ0) is 6.69. The SMILES string of the molecule is CC(C)ON=C1CCC1. The first-order valence-corrected chi connectivity index (χ1v) is 3.50. The van der Waals surface area contributed by atoms with E-state index >= 15 is 0 Å². The van der Waals surface area contributed by atoms with Gasteiger partial charge in [-0.3, -0.25) is 0 Å². The van der Waals surface area contributed by atoms with Crippen LogP contribution < -0.4 is 0 Å². The Morgan fingerprint density at radius 3 is 2.44 bits per heavy atom. The van der Waals surface area contributed by atoms with E-state index < -0.39 is 0 Å². The van der Waals surface area contributed by atoms with Gasteiger partial charge in [-0.15, -0.1) is 0 Å². The van der Waals surface area contributed by atoms with Crippen LogP contribution in [0.1, 0.15) is 33.1 Å². The fourth-order valence-corrected chi connectivity index (χ4v) is 0.606. The van der Waals surface area contributed by atoms with E-state index in [1.807, 2.05) is 13.8 Å². The highest BCUT2D eigenvalue weighted by atomic mass is 16.6. The molecule has 0 aromatic rings. The van der Waals surface area contributed by atoms with Crippen LogP contribution in [-0.2, 0) is 4.84 Å². The van der Waals surface area contributed by atoms with Crippen LogP contribution in [0.5, 0.6) is 0 Å². The summed E-state index contributed by atoms with van der Waals surface area (Å²) in [4.78, 5) is 5.03. The van der Waals surface area contributed by atoms with Crippen LogP contribution in [-0.4, -0.2) is 11.8 Å². The van der Waals surface area contributed by atoms with Gasteiger partial charge < -0.3 is 4.84 Å². The minimum absolute atomic E-state index is 0.234. The standard InChI is InChI=1S/C7H13NO/c1-6(2)9-8-7-4-3-5-7/h6H,3-5H2,1-2H3.